The van der Waals surface area contributed by atoms with Crippen molar-refractivity contribution in [1.82, 2.24) is 0 Å². The van der Waals surface area contributed by atoms with E-state index in [1.807, 2.05) is 0 Å². The standard InChI is InChI=1S/C10H9NO3/c11-8-4-9(12)6-2-1-5(10(13)14)3-7(6)8/h1-3,8H,4,11H2,(H,13,14). The van der Waals surface area contributed by atoms with Gasteiger partial charge in [-0.1, -0.05) is 6.07 Å². The second-order valence-corrected chi connectivity index (χ2v) is 3.34. The second kappa shape index (κ2) is 2.92. The van der Waals surface area contributed by atoms with Crippen molar-refractivity contribution in [1.29, 1.82) is 0 Å². The number of ketones is 1. The Kier molecular flexibility index (Phi) is 1.86. The number of carbonyl (C=O) groups is 2. The molecular formula is C10H9NO3. The van der Waals surface area contributed by atoms with Crippen LogP contribution < -0.4 is 5.73 Å². The quantitative estimate of drug-likeness (QED) is 0.693. The highest BCUT2D eigenvalue weighted by atomic mass is 16.4. The minimum absolute atomic E-state index is 0.00978. The van der Waals surface area contributed by atoms with Crippen LogP contribution in [0.5, 0.6) is 0 Å². The Bertz CT molecular complexity index is 425. The number of fused-ring (bicyclic) bond motifs is 1. The molecule has 72 valence electrons. The second-order valence-electron chi connectivity index (χ2n) is 3.34. The van der Waals surface area contributed by atoms with Crippen LogP contribution in [-0.4, -0.2) is 16.9 Å². The van der Waals surface area contributed by atoms with Gasteiger partial charge in [-0.15, -0.1) is 0 Å². The largest absolute Gasteiger partial charge is 0.478 e. The molecule has 4 nitrogen and oxygen atoms in total. The van der Waals surface area contributed by atoms with Crippen LogP contribution in [0.3, 0.4) is 0 Å². The van der Waals surface area contributed by atoms with Crippen LogP contribution in [0.4, 0.5) is 0 Å². The number of Topliss-reactive ketones (excluding diaryl/α,β-unsaturated/α-hetero) is 1. The summed E-state index contributed by atoms with van der Waals surface area (Å²) in [6.07, 6.45) is 0.276. The van der Waals surface area contributed by atoms with E-state index < -0.39 is 5.97 Å². The number of carboxylic acid groups (broad SMARTS) is 1. The Balaban J connectivity index is 2.55. The Morgan fingerprint density at radius 3 is 2.86 bits per heavy atom. The molecule has 1 aliphatic rings. The highest BCUT2D eigenvalue weighted by molar-refractivity contribution is 6.02. The molecule has 3 N–H and O–H groups in total. The maximum Gasteiger partial charge on any atom is 0.335 e. The first-order valence-corrected chi connectivity index (χ1v) is 4.25. The van der Waals surface area contributed by atoms with Crippen molar-refractivity contribution in [3.63, 3.8) is 0 Å². The van der Waals surface area contributed by atoms with Crippen molar-refractivity contribution in [2.45, 2.75) is 12.5 Å². The number of benzene rings is 1. The molecule has 0 saturated carbocycles. The summed E-state index contributed by atoms with van der Waals surface area (Å²) >= 11 is 0. The zero-order valence-corrected chi connectivity index (χ0v) is 7.36. The van der Waals surface area contributed by atoms with E-state index in [1.165, 1.54) is 18.2 Å². The van der Waals surface area contributed by atoms with Gasteiger partial charge in [0.25, 0.3) is 0 Å². The highest BCUT2D eigenvalue weighted by Crippen LogP contribution is 2.29. The van der Waals surface area contributed by atoms with Crippen LogP contribution in [0.25, 0.3) is 0 Å². The minimum atomic E-state index is -1.00. The third-order valence-corrected chi connectivity index (χ3v) is 2.40. The monoisotopic (exact) mass is 191 g/mol. The summed E-state index contributed by atoms with van der Waals surface area (Å²) < 4.78 is 0. The van der Waals surface area contributed by atoms with Gasteiger partial charge in [0.05, 0.1) is 5.56 Å². The van der Waals surface area contributed by atoms with Gasteiger partial charge >= 0.3 is 5.97 Å². The first-order valence-electron chi connectivity index (χ1n) is 4.25. The van der Waals surface area contributed by atoms with Crippen molar-refractivity contribution in [3.05, 3.63) is 34.9 Å². The Labute approximate surface area is 80.3 Å². The maximum absolute atomic E-state index is 11.3. The molecular weight excluding hydrogens is 182 g/mol. The van der Waals surface area contributed by atoms with Gasteiger partial charge in [-0.3, -0.25) is 4.79 Å². The number of carbonyl (C=O) groups excluding carboxylic acids is 1. The molecule has 1 atom stereocenters. The molecule has 0 heterocycles. The van der Waals surface area contributed by atoms with Crippen molar-refractivity contribution >= 4 is 11.8 Å². The van der Waals surface area contributed by atoms with Crippen LogP contribution >= 0.6 is 0 Å². The van der Waals surface area contributed by atoms with Crippen molar-refractivity contribution < 1.29 is 14.7 Å². The van der Waals surface area contributed by atoms with E-state index in [0.717, 1.165) is 0 Å². The zero-order chi connectivity index (χ0) is 10.3. The maximum atomic E-state index is 11.3. The van der Waals surface area contributed by atoms with Gasteiger partial charge in [-0.25, -0.2) is 4.79 Å². The Morgan fingerprint density at radius 2 is 2.21 bits per heavy atom. The van der Waals surface area contributed by atoms with E-state index in [-0.39, 0.29) is 23.8 Å². The first kappa shape index (κ1) is 8.90. The summed E-state index contributed by atoms with van der Waals surface area (Å²) in [5.74, 6) is -1.01. The summed E-state index contributed by atoms with van der Waals surface area (Å²) in [6.45, 7) is 0. The van der Waals surface area contributed by atoms with Gasteiger partial charge in [0.1, 0.15) is 0 Å². The number of hydrogen-bond acceptors (Lipinski definition) is 3. The van der Waals surface area contributed by atoms with Gasteiger partial charge in [-0.05, 0) is 17.7 Å². The number of nitrogens with two attached hydrogens (primary N) is 1. The van der Waals surface area contributed by atoms with E-state index >= 15 is 0 Å². The molecule has 0 fully saturated rings. The summed E-state index contributed by atoms with van der Waals surface area (Å²) in [5, 5.41) is 8.74. The number of rotatable bonds is 1. The van der Waals surface area contributed by atoms with Crippen molar-refractivity contribution in [2.24, 2.45) is 5.73 Å². The molecule has 1 aromatic carbocycles. The van der Waals surface area contributed by atoms with Crippen LogP contribution in [0.15, 0.2) is 18.2 Å². The molecule has 1 unspecified atom stereocenters. The topological polar surface area (TPSA) is 80.4 Å². The average Bonchev–Trinajstić information content (AvgIpc) is 2.42. The van der Waals surface area contributed by atoms with E-state index in [0.29, 0.717) is 11.1 Å². The lowest BCUT2D eigenvalue weighted by Crippen LogP contribution is -2.07. The summed E-state index contributed by atoms with van der Waals surface area (Å²) in [6, 6.07) is 4.09. The average molecular weight is 191 g/mol. The fraction of sp³-hybridized carbons (Fsp3) is 0.200. The van der Waals surface area contributed by atoms with Gasteiger partial charge in [-0.2, -0.15) is 0 Å². The van der Waals surface area contributed by atoms with Crippen molar-refractivity contribution in [3.8, 4) is 0 Å². The fourth-order valence-corrected chi connectivity index (χ4v) is 1.68. The van der Waals surface area contributed by atoms with Crippen LogP contribution in [0.2, 0.25) is 0 Å². The number of carboxylic acids is 1. The van der Waals surface area contributed by atoms with E-state index in [4.69, 9.17) is 10.8 Å². The Morgan fingerprint density at radius 1 is 1.50 bits per heavy atom. The third-order valence-electron chi connectivity index (χ3n) is 2.40. The SMILES string of the molecule is NC1CC(=O)c2ccc(C(=O)O)cc21. The summed E-state index contributed by atoms with van der Waals surface area (Å²) in [5.41, 5.74) is 7.07. The van der Waals surface area contributed by atoms with Crippen LogP contribution in [0.1, 0.15) is 38.7 Å². The lowest BCUT2D eigenvalue weighted by Gasteiger charge is -2.03. The van der Waals surface area contributed by atoms with Crippen molar-refractivity contribution in [2.75, 3.05) is 0 Å². The number of aromatic carboxylic acids is 1. The molecule has 0 aromatic heterocycles. The molecule has 0 spiro atoms. The highest BCUT2D eigenvalue weighted by Gasteiger charge is 2.27. The minimum Gasteiger partial charge on any atom is -0.478 e. The molecule has 2 rings (SSSR count). The number of hydrogen-bond donors (Lipinski definition) is 2. The van der Waals surface area contributed by atoms with E-state index in [1.54, 1.807) is 0 Å². The van der Waals surface area contributed by atoms with Gasteiger partial charge < -0.3 is 10.8 Å². The molecule has 0 amide bonds. The lowest BCUT2D eigenvalue weighted by atomic mass is 10.0. The van der Waals surface area contributed by atoms with E-state index in [9.17, 15) is 9.59 Å². The van der Waals surface area contributed by atoms with Gasteiger partial charge in [0, 0.05) is 18.0 Å². The van der Waals surface area contributed by atoms with Crippen LogP contribution in [0, 0.1) is 0 Å². The molecule has 0 aliphatic heterocycles. The van der Waals surface area contributed by atoms with Gasteiger partial charge in [0.2, 0.25) is 0 Å². The van der Waals surface area contributed by atoms with Gasteiger partial charge in [0.15, 0.2) is 5.78 Å². The molecule has 0 saturated heterocycles. The lowest BCUT2D eigenvalue weighted by molar-refractivity contribution is 0.0696. The predicted octanol–water partition coefficient (Wildman–Crippen LogP) is 0.971. The summed E-state index contributed by atoms with van der Waals surface area (Å²) in [4.78, 5) is 22.0. The zero-order valence-electron chi connectivity index (χ0n) is 7.36. The third kappa shape index (κ3) is 1.20. The predicted molar refractivity (Wildman–Crippen MR) is 49.3 cm³/mol. The Hall–Kier alpha value is -1.68. The first-order chi connectivity index (χ1) is 6.59. The summed E-state index contributed by atoms with van der Waals surface area (Å²) in [7, 11) is 0. The molecule has 4 heteroatoms. The normalized spacial score (nSPS) is 19.5. The molecule has 0 bridgehead atoms. The van der Waals surface area contributed by atoms with E-state index in [2.05, 4.69) is 0 Å². The van der Waals surface area contributed by atoms with Crippen LogP contribution in [-0.2, 0) is 0 Å². The fourth-order valence-electron chi connectivity index (χ4n) is 1.68. The molecule has 0 radical (unpaired) electrons. The smallest absolute Gasteiger partial charge is 0.335 e. The molecule has 1 aromatic rings. The molecule has 14 heavy (non-hydrogen) atoms. The molecule has 1 aliphatic carbocycles.